The molecule has 0 bridgehead atoms. The topological polar surface area (TPSA) is 72.1 Å². The summed E-state index contributed by atoms with van der Waals surface area (Å²) in [6, 6.07) is 7.89. The van der Waals surface area contributed by atoms with Gasteiger partial charge < -0.3 is 9.42 Å². The van der Waals surface area contributed by atoms with Gasteiger partial charge in [-0.2, -0.15) is 0 Å². The number of nitrogens with zero attached hydrogens (tertiary/aromatic N) is 4. The van der Waals surface area contributed by atoms with Gasteiger partial charge in [-0.3, -0.25) is 14.8 Å². The minimum Gasteiger partial charge on any atom is -0.361 e. The lowest BCUT2D eigenvalue weighted by Gasteiger charge is -2.24. The summed E-state index contributed by atoms with van der Waals surface area (Å²) >= 11 is 0. The first kappa shape index (κ1) is 17.4. The molecular weight excluding hydrogens is 340 g/mol. The molecule has 4 heterocycles. The molecule has 0 aliphatic carbocycles. The summed E-state index contributed by atoms with van der Waals surface area (Å²) < 4.78 is 5.25. The fraction of sp³-hybridized carbons (Fsp3) is 0.333. The highest BCUT2D eigenvalue weighted by molar-refractivity contribution is 5.79. The summed E-state index contributed by atoms with van der Waals surface area (Å²) in [6.07, 6.45) is 7.63. The smallest absolute Gasteiger partial charge is 0.227 e. The predicted molar refractivity (Wildman–Crippen MR) is 101 cm³/mol. The molecule has 0 saturated carbocycles. The molecule has 27 heavy (non-hydrogen) atoms. The number of hydrogen-bond donors (Lipinski definition) is 0. The molecule has 1 fully saturated rings. The predicted octanol–water partition coefficient (Wildman–Crippen LogP) is 3.65. The Balaban J connectivity index is 1.53. The second-order valence-electron chi connectivity index (χ2n) is 6.95. The van der Waals surface area contributed by atoms with Gasteiger partial charge in [0.05, 0.1) is 23.9 Å². The van der Waals surface area contributed by atoms with E-state index in [4.69, 9.17) is 4.52 Å². The molecule has 138 valence electrons. The second kappa shape index (κ2) is 7.31. The standard InChI is InChI=1S/C21H22N4O2/c1-14-21(15(2)27-24-14)17-7-8-18(23-13-17)19-6-4-10-25(19)20(26)11-16-5-3-9-22-12-16/h3,5,7-9,12-13,19H,4,6,10-11H2,1-2H3. The number of amides is 1. The maximum absolute atomic E-state index is 12.8. The van der Waals surface area contributed by atoms with Gasteiger partial charge in [-0.05, 0) is 44.4 Å². The van der Waals surface area contributed by atoms with E-state index in [2.05, 4.69) is 15.1 Å². The van der Waals surface area contributed by atoms with Crippen molar-refractivity contribution in [3.8, 4) is 11.1 Å². The normalized spacial score (nSPS) is 16.7. The molecule has 6 heteroatoms. The fourth-order valence-electron chi connectivity index (χ4n) is 3.80. The first-order valence-corrected chi connectivity index (χ1v) is 9.21. The summed E-state index contributed by atoms with van der Waals surface area (Å²) in [7, 11) is 0. The molecule has 3 aromatic heterocycles. The summed E-state index contributed by atoms with van der Waals surface area (Å²) in [5.74, 6) is 0.915. The van der Waals surface area contributed by atoms with Crippen LogP contribution in [0.2, 0.25) is 0 Å². The molecular formula is C21H22N4O2. The van der Waals surface area contributed by atoms with Crippen LogP contribution >= 0.6 is 0 Å². The van der Waals surface area contributed by atoms with E-state index in [9.17, 15) is 4.79 Å². The number of likely N-dealkylation sites (tertiary alicyclic amines) is 1. The summed E-state index contributed by atoms with van der Waals surface area (Å²) in [6.45, 7) is 4.60. The van der Waals surface area contributed by atoms with E-state index in [1.807, 2.05) is 49.2 Å². The fourth-order valence-corrected chi connectivity index (χ4v) is 3.80. The van der Waals surface area contributed by atoms with Crippen molar-refractivity contribution in [1.82, 2.24) is 20.0 Å². The Morgan fingerprint density at radius 2 is 2.15 bits per heavy atom. The largest absolute Gasteiger partial charge is 0.361 e. The summed E-state index contributed by atoms with van der Waals surface area (Å²) in [5, 5.41) is 4.01. The van der Waals surface area contributed by atoms with Crippen LogP contribution < -0.4 is 0 Å². The molecule has 0 N–H and O–H groups in total. The lowest BCUT2D eigenvalue weighted by atomic mass is 10.0. The number of carbonyl (C=O) groups excluding carboxylic acids is 1. The molecule has 1 amide bonds. The average molecular weight is 362 g/mol. The molecule has 1 aliphatic heterocycles. The number of pyridine rings is 2. The Morgan fingerprint density at radius 3 is 2.81 bits per heavy atom. The first-order chi connectivity index (χ1) is 13.1. The van der Waals surface area contributed by atoms with Crippen LogP contribution in [-0.4, -0.2) is 32.5 Å². The van der Waals surface area contributed by atoms with E-state index in [0.29, 0.717) is 6.42 Å². The van der Waals surface area contributed by atoms with Crippen molar-refractivity contribution in [2.24, 2.45) is 0 Å². The molecule has 0 spiro atoms. The number of aromatic nitrogens is 3. The molecule has 1 saturated heterocycles. The third-order valence-corrected chi connectivity index (χ3v) is 5.10. The average Bonchev–Trinajstić information content (AvgIpc) is 3.30. The van der Waals surface area contributed by atoms with Crippen LogP contribution in [-0.2, 0) is 11.2 Å². The highest BCUT2D eigenvalue weighted by Gasteiger charge is 2.30. The lowest BCUT2D eigenvalue weighted by Crippen LogP contribution is -2.32. The van der Waals surface area contributed by atoms with Gasteiger partial charge >= 0.3 is 0 Å². The molecule has 6 nitrogen and oxygen atoms in total. The van der Waals surface area contributed by atoms with Crippen molar-refractivity contribution in [1.29, 1.82) is 0 Å². The van der Waals surface area contributed by atoms with Gasteiger partial charge in [0.15, 0.2) is 0 Å². The molecule has 3 aromatic rings. The highest BCUT2D eigenvalue weighted by Crippen LogP contribution is 2.33. The van der Waals surface area contributed by atoms with Crippen LogP contribution in [0.1, 0.15) is 41.6 Å². The van der Waals surface area contributed by atoms with E-state index in [1.165, 1.54) is 0 Å². The molecule has 0 radical (unpaired) electrons. The van der Waals surface area contributed by atoms with Gasteiger partial charge in [0.2, 0.25) is 5.91 Å². The maximum atomic E-state index is 12.8. The Labute approximate surface area is 158 Å². The van der Waals surface area contributed by atoms with Gasteiger partial charge in [-0.25, -0.2) is 0 Å². The number of carbonyl (C=O) groups is 1. The Hall–Kier alpha value is -3.02. The third-order valence-electron chi connectivity index (χ3n) is 5.10. The van der Waals surface area contributed by atoms with Crippen molar-refractivity contribution >= 4 is 5.91 Å². The van der Waals surface area contributed by atoms with Crippen LogP contribution in [0.3, 0.4) is 0 Å². The number of hydrogen-bond acceptors (Lipinski definition) is 5. The van der Waals surface area contributed by atoms with Gasteiger partial charge in [0.25, 0.3) is 0 Å². The Bertz CT molecular complexity index is 915. The SMILES string of the molecule is Cc1noc(C)c1-c1ccc(C2CCCN2C(=O)Cc2cccnc2)nc1. The third kappa shape index (κ3) is 3.47. The van der Waals surface area contributed by atoms with Crippen LogP contribution in [0, 0.1) is 13.8 Å². The number of rotatable bonds is 4. The van der Waals surface area contributed by atoms with E-state index < -0.39 is 0 Å². The Morgan fingerprint density at radius 1 is 1.26 bits per heavy atom. The quantitative estimate of drug-likeness (QED) is 0.708. The van der Waals surface area contributed by atoms with Crippen LogP contribution in [0.25, 0.3) is 11.1 Å². The molecule has 4 rings (SSSR count). The maximum Gasteiger partial charge on any atom is 0.227 e. The molecule has 1 atom stereocenters. The van der Waals surface area contributed by atoms with E-state index >= 15 is 0 Å². The van der Waals surface area contributed by atoms with E-state index in [-0.39, 0.29) is 11.9 Å². The van der Waals surface area contributed by atoms with Crippen LogP contribution in [0.15, 0.2) is 47.4 Å². The van der Waals surface area contributed by atoms with Crippen molar-refractivity contribution in [2.75, 3.05) is 6.54 Å². The monoisotopic (exact) mass is 362 g/mol. The zero-order valence-electron chi connectivity index (χ0n) is 15.6. The van der Waals surface area contributed by atoms with E-state index in [0.717, 1.165) is 53.2 Å². The number of aryl methyl sites for hydroxylation is 2. The highest BCUT2D eigenvalue weighted by atomic mass is 16.5. The minimum atomic E-state index is 0.0351. The van der Waals surface area contributed by atoms with Gasteiger partial charge in [0, 0.05) is 36.3 Å². The zero-order valence-corrected chi connectivity index (χ0v) is 15.6. The van der Waals surface area contributed by atoms with Crippen LogP contribution in [0.4, 0.5) is 0 Å². The minimum absolute atomic E-state index is 0.0351. The Kier molecular flexibility index (Phi) is 4.71. The summed E-state index contributed by atoms with van der Waals surface area (Å²) in [4.78, 5) is 23.5. The van der Waals surface area contributed by atoms with Crippen molar-refractivity contribution in [3.63, 3.8) is 0 Å². The molecule has 1 aliphatic rings. The molecule has 1 unspecified atom stereocenters. The summed E-state index contributed by atoms with van der Waals surface area (Å²) in [5.41, 5.74) is 4.71. The van der Waals surface area contributed by atoms with Crippen molar-refractivity contribution < 1.29 is 9.32 Å². The van der Waals surface area contributed by atoms with Gasteiger partial charge in [0.1, 0.15) is 5.76 Å². The molecule has 0 aromatic carbocycles. The second-order valence-corrected chi connectivity index (χ2v) is 6.95. The van der Waals surface area contributed by atoms with Crippen molar-refractivity contribution in [2.45, 2.75) is 39.2 Å². The van der Waals surface area contributed by atoms with Gasteiger partial charge in [-0.1, -0.05) is 17.3 Å². The zero-order chi connectivity index (χ0) is 18.8. The van der Waals surface area contributed by atoms with Crippen LogP contribution in [0.5, 0.6) is 0 Å². The first-order valence-electron chi connectivity index (χ1n) is 9.21. The van der Waals surface area contributed by atoms with Crippen molar-refractivity contribution in [3.05, 3.63) is 65.6 Å². The van der Waals surface area contributed by atoms with Gasteiger partial charge in [-0.15, -0.1) is 0 Å². The van der Waals surface area contributed by atoms with E-state index in [1.54, 1.807) is 12.4 Å². The lowest BCUT2D eigenvalue weighted by molar-refractivity contribution is -0.131.